The number of carbonyl (C=O) groups excluding carboxylic acids is 1. The zero-order chi connectivity index (χ0) is 19.3. The Morgan fingerprint density at radius 3 is 2.41 bits per heavy atom. The molecule has 1 N–H and O–H groups in total. The van der Waals surface area contributed by atoms with Crippen LogP contribution in [0.25, 0.3) is 0 Å². The summed E-state index contributed by atoms with van der Waals surface area (Å²) < 4.78 is 32.2. The Balaban J connectivity index is 1.72. The van der Waals surface area contributed by atoms with Crippen LogP contribution < -0.4 is 10.1 Å². The van der Waals surface area contributed by atoms with Gasteiger partial charge in [0.1, 0.15) is 5.75 Å². The highest BCUT2D eigenvalue weighted by Crippen LogP contribution is 2.23. The van der Waals surface area contributed by atoms with Crippen LogP contribution >= 0.6 is 0 Å². The van der Waals surface area contributed by atoms with E-state index >= 15 is 0 Å². The number of sulfonamides is 1. The molecular formula is C20H24N2O4S. The predicted molar refractivity (Wildman–Crippen MR) is 105 cm³/mol. The maximum atomic E-state index is 12.6. The topological polar surface area (TPSA) is 75.7 Å². The summed E-state index contributed by atoms with van der Waals surface area (Å²) in [5.41, 5.74) is 0.977. The number of rotatable bonds is 7. The average molecular weight is 388 g/mol. The molecule has 0 radical (unpaired) electrons. The van der Waals surface area contributed by atoms with Crippen molar-refractivity contribution in [1.29, 1.82) is 0 Å². The number of nitrogens with zero attached hydrogens (tertiary/aromatic N) is 1. The summed E-state index contributed by atoms with van der Waals surface area (Å²) >= 11 is 0. The highest BCUT2D eigenvalue weighted by Gasteiger charge is 2.27. The van der Waals surface area contributed by atoms with Crippen LogP contribution in [0.3, 0.4) is 0 Å². The fourth-order valence-electron chi connectivity index (χ4n) is 2.98. The van der Waals surface area contributed by atoms with Crippen molar-refractivity contribution in [2.45, 2.75) is 31.1 Å². The van der Waals surface area contributed by atoms with Crippen molar-refractivity contribution in [1.82, 2.24) is 4.31 Å². The first kappa shape index (κ1) is 19.4. The van der Waals surface area contributed by atoms with Gasteiger partial charge in [0.05, 0.1) is 17.1 Å². The number of benzene rings is 2. The lowest BCUT2D eigenvalue weighted by molar-refractivity contribution is 0.102. The van der Waals surface area contributed by atoms with Crippen molar-refractivity contribution in [3.63, 3.8) is 0 Å². The average Bonchev–Trinajstić information content (AvgIpc) is 3.23. The molecule has 1 saturated heterocycles. The van der Waals surface area contributed by atoms with Gasteiger partial charge in [0.2, 0.25) is 10.0 Å². The summed E-state index contributed by atoms with van der Waals surface area (Å²) in [6, 6.07) is 13.3. The van der Waals surface area contributed by atoms with Crippen molar-refractivity contribution >= 4 is 21.6 Å². The van der Waals surface area contributed by atoms with Gasteiger partial charge in [-0.1, -0.05) is 19.1 Å². The molecule has 1 aliphatic heterocycles. The van der Waals surface area contributed by atoms with Crippen LogP contribution in [0.4, 0.5) is 5.69 Å². The smallest absolute Gasteiger partial charge is 0.259 e. The molecule has 1 aliphatic rings. The number of hydrogen-bond acceptors (Lipinski definition) is 4. The van der Waals surface area contributed by atoms with Gasteiger partial charge in [0.15, 0.2) is 0 Å². The van der Waals surface area contributed by atoms with Crippen LogP contribution in [0.5, 0.6) is 5.75 Å². The van der Waals surface area contributed by atoms with Gasteiger partial charge in [-0.3, -0.25) is 4.79 Å². The summed E-state index contributed by atoms with van der Waals surface area (Å²) in [5, 5.41) is 2.80. The third kappa shape index (κ3) is 4.48. The first-order chi connectivity index (χ1) is 13.0. The molecule has 0 saturated carbocycles. The lowest BCUT2D eigenvalue weighted by atomic mass is 10.2. The van der Waals surface area contributed by atoms with Gasteiger partial charge in [-0.25, -0.2) is 8.42 Å². The second kappa shape index (κ2) is 8.54. The molecule has 1 amide bonds. The molecule has 2 aromatic carbocycles. The number of para-hydroxylation sites is 1. The summed E-state index contributed by atoms with van der Waals surface area (Å²) in [6.45, 7) is 3.67. The minimum atomic E-state index is -3.45. The van der Waals surface area contributed by atoms with Crippen LogP contribution in [0.15, 0.2) is 53.4 Å². The monoisotopic (exact) mass is 388 g/mol. The van der Waals surface area contributed by atoms with E-state index in [-0.39, 0.29) is 10.8 Å². The Hall–Kier alpha value is -2.38. The molecule has 0 atom stereocenters. The maximum Gasteiger partial charge on any atom is 0.259 e. The summed E-state index contributed by atoms with van der Waals surface area (Å²) in [6.07, 6.45) is 2.64. The van der Waals surface area contributed by atoms with Gasteiger partial charge in [-0.15, -0.1) is 0 Å². The molecule has 0 spiro atoms. The van der Waals surface area contributed by atoms with Crippen molar-refractivity contribution in [3.05, 3.63) is 54.1 Å². The highest BCUT2D eigenvalue weighted by molar-refractivity contribution is 7.89. The third-order valence-corrected chi connectivity index (χ3v) is 6.32. The molecule has 0 aliphatic carbocycles. The van der Waals surface area contributed by atoms with Crippen LogP contribution in [-0.2, 0) is 10.0 Å². The molecule has 7 heteroatoms. The minimum Gasteiger partial charge on any atom is -0.493 e. The molecule has 144 valence electrons. The van der Waals surface area contributed by atoms with E-state index in [2.05, 4.69) is 5.32 Å². The van der Waals surface area contributed by atoms with E-state index in [1.165, 1.54) is 16.4 Å². The zero-order valence-electron chi connectivity index (χ0n) is 15.3. The fourth-order valence-corrected chi connectivity index (χ4v) is 4.50. The van der Waals surface area contributed by atoms with Gasteiger partial charge in [0, 0.05) is 18.8 Å². The second-order valence-corrected chi connectivity index (χ2v) is 8.37. The van der Waals surface area contributed by atoms with E-state index in [4.69, 9.17) is 4.74 Å². The van der Waals surface area contributed by atoms with Gasteiger partial charge in [0.25, 0.3) is 5.91 Å². The summed E-state index contributed by atoms with van der Waals surface area (Å²) in [7, 11) is -3.45. The summed E-state index contributed by atoms with van der Waals surface area (Å²) in [5.74, 6) is 0.238. The molecule has 0 unspecified atom stereocenters. The molecule has 1 heterocycles. The van der Waals surface area contributed by atoms with Crippen LogP contribution in [0.1, 0.15) is 36.5 Å². The largest absolute Gasteiger partial charge is 0.493 e. The number of carbonyl (C=O) groups is 1. The van der Waals surface area contributed by atoms with Gasteiger partial charge < -0.3 is 10.1 Å². The quantitative estimate of drug-likeness (QED) is 0.787. The van der Waals surface area contributed by atoms with E-state index in [1.54, 1.807) is 30.3 Å². The van der Waals surface area contributed by atoms with Crippen molar-refractivity contribution < 1.29 is 17.9 Å². The Kier molecular flexibility index (Phi) is 6.13. The highest BCUT2D eigenvalue weighted by atomic mass is 32.2. The van der Waals surface area contributed by atoms with Gasteiger partial charge >= 0.3 is 0 Å². The fraction of sp³-hybridized carbons (Fsp3) is 0.350. The van der Waals surface area contributed by atoms with E-state index < -0.39 is 10.0 Å². The maximum absolute atomic E-state index is 12.6. The third-order valence-electron chi connectivity index (χ3n) is 4.41. The zero-order valence-corrected chi connectivity index (χ0v) is 16.2. The molecule has 6 nitrogen and oxygen atoms in total. The number of anilines is 1. The van der Waals surface area contributed by atoms with Crippen LogP contribution in [0.2, 0.25) is 0 Å². The Bertz CT molecular complexity index is 888. The number of ether oxygens (including phenoxy) is 1. The summed E-state index contributed by atoms with van der Waals surface area (Å²) in [4.78, 5) is 12.8. The minimum absolute atomic E-state index is 0.245. The van der Waals surface area contributed by atoms with E-state index in [0.717, 1.165) is 19.3 Å². The number of hydrogen-bond donors (Lipinski definition) is 1. The molecular weight excluding hydrogens is 364 g/mol. The van der Waals surface area contributed by atoms with Gasteiger partial charge in [-0.2, -0.15) is 4.31 Å². The number of amides is 1. The van der Waals surface area contributed by atoms with Crippen molar-refractivity contribution in [2.24, 2.45) is 0 Å². The molecule has 2 aromatic rings. The Morgan fingerprint density at radius 2 is 1.74 bits per heavy atom. The molecule has 3 rings (SSSR count). The standard InChI is InChI=1S/C20H24N2O4S/c1-2-15-26-19-8-4-3-7-18(19)20(23)21-16-9-11-17(12-10-16)27(24,25)22-13-5-6-14-22/h3-4,7-12H,2,5-6,13-15H2,1H3,(H,21,23). The first-order valence-corrected chi connectivity index (χ1v) is 10.6. The Labute approximate surface area is 160 Å². The predicted octanol–water partition coefficient (Wildman–Crippen LogP) is 3.51. The van der Waals surface area contributed by atoms with E-state index in [0.29, 0.717) is 36.7 Å². The lowest BCUT2D eigenvalue weighted by Crippen LogP contribution is -2.27. The molecule has 27 heavy (non-hydrogen) atoms. The molecule has 1 fully saturated rings. The van der Waals surface area contributed by atoms with E-state index in [9.17, 15) is 13.2 Å². The van der Waals surface area contributed by atoms with E-state index in [1.807, 2.05) is 13.0 Å². The molecule has 0 bridgehead atoms. The molecule has 0 aromatic heterocycles. The van der Waals surface area contributed by atoms with Crippen molar-refractivity contribution in [3.8, 4) is 5.75 Å². The van der Waals surface area contributed by atoms with Crippen molar-refractivity contribution in [2.75, 3.05) is 25.0 Å². The SMILES string of the molecule is CCCOc1ccccc1C(=O)Nc1ccc(S(=O)(=O)N2CCCC2)cc1. The second-order valence-electron chi connectivity index (χ2n) is 6.43. The lowest BCUT2D eigenvalue weighted by Gasteiger charge is -2.16. The van der Waals surface area contributed by atoms with Crippen LogP contribution in [-0.4, -0.2) is 38.3 Å². The van der Waals surface area contributed by atoms with Crippen LogP contribution in [0, 0.1) is 0 Å². The Morgan fingerprint density at radius 1 is 1.07 bits per heavy atom. The first-order valence-electron chi connectivity index (χ1n) is 9.16. The normalized spacial score (nSPS) is 14.9. The number of nitrogens with one attached hydrogen (secondary N) is 1. The van der Waals surface area contributed by atoms with Gasteiger partial charge in [-0.05, 0) is 55.7 Å².